The molecule has 2 rings (SSSR count). The number of rotatable bonds is 5. The molecule has 2 aromatic heterocycles. The van der Waals surface area contributed by atoms with E-state index in [0.717, 1.165) is 11.4 Å². The van der Waals surface area contributed by atoms with Gasteiger partial charge in [0, 0.05) is 18.7 Å². The van der Waals surface area contributed by atoms with Crippen LogP contribution >= 0.6 is 0 Å². The van der Waals surface area contributed by atoms with Crippen molar-refractivity contribution in [1.29, 1.82) is 0 Å². The fourth-order valence-electron chi connectivity index (χ4n) is 2.32. The van der Waals surface area contributed by atoms with E-state index < -0.39 is 0 Å². The Labute approximate surface area is 130 Å². The molecule has 0 N–H and O–H groups in total. The minimum atomic E-state index is -0.366. The second kappa shape index (κ2) is 6.29. The largest absolute Gasteiger partial charge is 0.339 e. The zero-order valence-electron chi connectivity index (χ0n) is 14.0. The predicted octanol–water partition coefficient (Wildman–Crippen LogP) is 2.23. The molecule has 0 aliphatic carbocycles. The molecular formula is C15H23N5O2. The maximum atomic E-state index is 12.5. The normalized spacial score (nSPS) is 12.7. The van der Waals surface area contributed by atoms with Crippen molar-refractivity contribution >= 4 is 5.91 Å². The Morgan fingerprint density at radius 3 is 2.55 bits per heavy atom. The highest BCUT2D eigenvalue weighted by molar-refractivity contribution is 5.79. The van der Waals surface area contributed by atoms with E-state index in [2.05, 4.69) is 15.2 Å². The number of carbonyl (C=O) groups is 1. The Kier molecular flexibility index (Phi) is 4.63. The summed E-state index contributed by atoms with van der Waals surface area (Å²) in [5, 5.41) is 8.28. The SMILES string of the molecule is Cc1cc(C)n(C(C)C(=O)N(C)Cc2noc(C(C)C)n2)n1. The first-order valence-corrected chi connectivity index (χ1v) is 7.39. The third kappa shape index (κ3) is 3.35. The molecule has 0 saturated carbocycles. The summed E-state index contributed by atoms with van der Waals surface area (Å²) in [4.78, 5) is 18.4. The summed E-state index contributed by atoms with van der Waals surface area (Å²) in [7, 11) is 1.73. The number of aryl methyl sites for hydroxylation is 2. The first-order chi connectivity index (χ1) is 10.3. The Balaban J connectivity index is 2.06. The Morgan fingerprint density at radius 2 is 2.05 bits per heavy atom. The highest BCUT2D eigenvalue weighted by Gasteiger charge is 2.23. The Bertz CT molecular complexity index is 659. The van der Waals surface area contributed by atoms with Crippen molar-refractivity contribution in [3.63, 3.8) is 0 Å². The number of aromatic nitrogens is 4. The number of hydrogen-bond acceptors (Lipinski definition) is 5. The van der Waals surface area contributed by atoms with Crippen LogP contribution in [0, 0.1) is 13.8 Å². The van der Waals surface area contributed by atoms with Gasteiger partial charge in [0.1, 0.15) is 6.04 Å². The summed E-state index contributed by atoms with van der Waals surface area (Å²) in [5.74, 6) is 1.24. The molecule has 1 amide bonds. The van der Waals surface area contributed by atoms with Gasteiger partial charge in [0.2, 0.25) is 11.8 Å². The monoisotopic (exact) mass is 305 g/mol. The van der Waals surface area contributed by atoms with Crippen molar-refractivity contribution < 1.29 is 9.32 Å². The molecule has 22 heavy (non-hydrogen) atoms. The minimum Gasteiger partial charge on any atom is -0.339 e. The van der Waals surface area contributed by atoms with E-state index in [0.29, 0.717) is 18.3 Å². The summed E-state index contributed by atoms with van der Waals surface area (Å²) in [6, 6.07) is 1.59. The van der Waals surface area contributed by atoms with Gasteiger partial charge < -0.3 is 9.42 Å². The standard InChI is InChI=1S/C15H23N5O2/c1-9(2)14-16-13(18-22-14)8-19(6)15(21)12(5)20-11(4)7-10(3)17-20/h7,9,12H,8H2,1-6H3. The topological polar surface area (TPSA) is 77.0 Å². The van der Waals surface area contributed by atoms with Crippen LogP contribution in [0.25, 0.3) is 0 Å². The second-order valence-electron chi connectivity index (χ2n) is 5.95. The van der Waals surface area contributed by atoms with Gasteiger partial charge in [-0.1, -0.05) is 19.0 Å². The summed E-state index contributed by atoms with van der Waals surface area (Å²) < 4.78 is 6.90. The van der Waals surface area contributed by atoms with E-state index in [1.54, 1.807) is 16.6 Å². The fourth-order valence-corrected chi connectivity index (χ4v) is 2.32. The molecule has 1 atom stereocenters. The van der Waals surface area contributed by atoms with Gasteiger partial charge in [-0.25, -0.2) is 0 Å². The highest BCUT2D eigenvalue weighted by Crippen LogP contribution is 2.15. The van der Waals surface area contributed by atoms with Gasteiger partial charge >= 0.3 is 0 Å². The predicted molar refractivity (Wildman–Crippen MR) is 81.3 cm³/mol. The van der Waals surface area contributed by atoms with Crippen molar-refractivity contribution in [2.75, 3.05) is 7.05 Å². The average Bonchev–Trinajstić information content (AvgIpc) is 3.03. The van der Waals surface area contributed by atoms with E-state index >= 15 is 0 Å². The highest BCUT2D eigenvalue weighted by atomic mass is 16.5. The lowest BCUT2D eigenvalue weighted by atomic mass is 10.2. The van der Waals surface area contributed by atoms with Crippen molar-refractivity contribution in [2.45, 2.75) is 53.1 Å². The van der Waals surface area contributed by atoms with Crippen molar-refractivity contribution in [3.05, 3.63) is 29.2 Å². The first-order valence-electron chi connectivity index (χ1n) is 7.39. The number of hydrogen-bond donors (Lipinski definition) is 0. The molecule has 1 unspecified atom stereocenters. The lowest BCUT2D eigenvalue weighted by Crippen LogP contribution is -2.33. The van der Waals surface area contributed by atoms with Gasteiger partial charge in [0.15, 0.2) is 5.82 Å². The van der Waals surface area contributed by atoms with Crippen molar-refractivity contribution in [1.82, 2.24) is 24.8 Å². The maximum Gasteiger partial charge on any atom is 0.247 e. The summed E-state index contributed by atoms with van der Waals surface area (Å²) >= 11 is 0. The van der Waals surface area contributed by atoms with Crippen molar-refractivity contribution in [3.8, 4) is 0 Å². The van der Waals surface area contributed by atoms with E-state index in [-0.39, 0.29) is 17.9 Å². The number of amides is 1. The van der Waals surface area contributed by atoms with Gasteiger partial charge in [0.05, 0.1) is 12.2 Å². The number of carbonyl (C=O) groups excluding carboxylic acids is 1. The Morgan fingerprint density at radius 1 is 1.36 bits per heavy atom. The maximum absolute atomic E-state index is 12.5. The fraction of sp³-hybridized carbons (Fsp3) is 0.600. The van der Waals surface area contributed by atoms with Gasteiger partial charge in [-0.2, -0.15) is 10.1 Å². The molecule has 0 fully saturated rings. The summed E-state index contributed by atoms with van der Waals surface area (Å²) in [5.41, 5.74) is 1.87. The molecule has 0 aliphatic heterocycles. The molecule has 2 heterocycles. The molecule has 7 nitrogen and oxygen atoms in total. The zero-order valence-corrected chi connectivity index (χ0v) is 14.0. The van der Waals surface area contributed by atoms with Gasteiger partial charge in [-0.3, -0.25) is 9.48 Å². The molecule has 0 aliphatic rings. The van der Waals surface area contributed by atoms with Crippen LogP contribution in [-0.4, -0.2) is 37.8 Å². The van der Waals surface area contributed by atoms with Crippen LogP contribution in [0.15, 0.2) is 10.6 Å². The van der Waals surface area contributed by atoms with E-state index in [1.165, 1.54) is 0 Å². The molecule has 0 saturated heterocycles. The van der Waals surface area contributed by atoms with Crippen molar-refractivity contribution in [2.24, 2.45) is 0 Å². The number of nitrogens with zero attached hydrogens (tertiary/aromatic N) is 5. The van der Waals surface area contributed by atoms with Crippen LogP contribution in [-0.2, 0) is 11.3 Å². The van der Waals surface area contributed by atoms with E-state index in [9.17, 15) is 4.79 Å². The van der Waals surface area contributed by atoms with Crippen LogP contribution < -0.4 is 0 Å². The third-order valence-electron chi connectivity index (χ3n) is 3.50. The molecular weight excluding hydrogens is 282 g/mol. The number of likely N-dealkylation sites (N-methyl/N-ethyl adjacent to an activating group) is 1. The third-order valence-corrected chi connectivity index (χ3v) is 3.50. The molecule has 7 heteroatoms. The second-order valence-corrected chi connectivity index (χ2v) is 5.95. The summed E-state index contributed by atoms with van der Waals surface area (Å²) in [6.07, 6.45) is 0. The lowest BCUT2D eigenvalue weighted by molar-refractivity contribution is -0.133. The minimum absolute atomic E-state index is 0.0397. The smallest absolute Gasteiger partial charge is 0.247 e. The van der Waals surface area contributed by atoms with E-state index in [4.69, 9.17) is 4.52 Å². The quantitative estimate of drug-likeness (QED) is 0.846. The van der Waals surface area contributed by atoms with Crippen LogP contribution in [0.2, 0.25) is 0 Å². The molecule has 0 radical (unpaired) electrons. The van der Waals surface area contributed by atoms with Crippen LogP contribution in [0.5, 0.6) is 0 Å². The van der Waals surface area contributed by atoms with Gasteiger partial charge in [-0.15, -0.1) is 0 Å². The molecule has 0 spiro atoms. The van der Waals surface area contributed by atoms with Gasteiger partial charge in [-0.05, 0) is 26.8 Å². The lowest BCUT2D eigenvalue weighted by Gasteiger charge is -2.21. The molecule has 2 aromatic rings. The zero-order chi connectivity index (χ0) is 16.4. The van der Waals surface area contributed by atoms with Gasteiger partial charge in [0.25, 0.3) is 0 Å². The van der Waals surface area contributed by atoms with Crippen LogP contribution in [0.4, 0.5) is 0 Å². The molecule has 120 valence electrons. The van der Waals surface area contributed by atoms with Crippen LogP contribution in [0.3, 0.4) is 0 Å². The van der Waals surface area contributed by atoms with Crippen LogP contribution in [0.1, 0.15) is 55.8 Å². The molecule has 0 aromatic carbocycles. The summed E-state index contributed by atoms with van der Waals surface area (Å²) in [6.45, 7) is 9.98. The average molecular weight is 305 g/mol. The Hall–Kier alpha value is -2.18. The first kappa shape index (κ1) is 16.2. The van der Waals surface area contributed by atoms with E-state index in [1.807, 2.05) is 40.7 Å². The molecule has 0 bridgehead atoms.